The molecule has 0 aliphatic heterocycles. The van der Waals surface area contributed by atoms with Gasteiger partial charge < -0.3 is 4.90 Å². The molecule has 0 aliphatic carbocycles. The molecule has 0 spiro atoms. The molecule has 0 amide bonds. The summed E-state index contributed by atoms with van der Waals surface area (Å²) < 4.78 is 0. The summed E-state index contributed by atoms with van der Waals surface area (Å²) in [6.07, 6.45) is 0. The van der Waals surface area contributed by atoms with Crippen molar-refractivity contribution in [1.29, 1.82) is 5.26 Å². The zero-order chi connectivity index (χ0) is 14.7. The average Bonchev–Trinajstić information content (AvgIpc) is 2.42. The zero-order valence-electron chi connectivity index (χ0n) is 12.6. The van der Waals surface area contributed by atoms with Crippen LogP contribution in [0.4, 0.5) is 5.69 Å². The third kappa shape index (κ3) is 3.00. The van der Waals surface area contributed by atoms with Crippen molar-refractivity contribution in [3.63, 3.8) is 0 Å². The van der Waals surface area contributed by atoms with Crippen LogP contribution in [0.15, 0.2) is 36.4 Å². The summed E-state index contributed by atoms with van der Waals surface area (Å²) in [5, 5.41) is 8.84. The number of nitriles is 1. The van der Waals surface area contributed by atoms with E-state index in [1.807, 2.05) is 24.3 Å². The monoisotopic (exact) mass is 264 g/mol. The van der Waals surface area contributed by atoms with Gasteiger partial charge in [-0.2, -0.15) is 5.26 Å². The summed E-state index contributed by atoms with van der Waals surface area (Å²) in [6, 6.07) is 14.3. The maximum Gasteiger partial charge on any atom is 0.0991 e. The highest BCUT2D eigenvalue weighted by atomic mass is 15.1. The number of rotatable bonds is 3. The summed E-state index contributed by atoms with van der Waals surface area (Å²) in [5.74, 6) is 0. The average molecular weight is 264 g/mol. The highest BCUT2D eigenvalue weighted by Gasteiger charge is 2.08. The van der Waals surface area contributed by atoms with E-state index in [1.54, 1.807) is 0 Å². The first kappa shape index (κ1) is 14.1. The lowest BCUT2D eigenvalue weighted by Gasteiger charge is -2.22. The third-order valence-corrected chi connectivity index (χ3v) is 3.67. The fourth-order valence-corrected chi connectivity index (χ4v) is 2.58. The van der Waals surface area contributed by atoms with E-state index in [2.05, 4.69) is 50.9 Å². The molecule has 0 heterocycles. The SMILES string of the molecule is Cc1cc(C)c(CN(C)c2ccc(C#N)cc2)c(C)c1. The molecule has 0 saturated carbocycles. The minimum atomic E-state index is 0.699. The van der Waals surface area contributed by atoms with Crippen LogP contribution in [-0.2, 0) is 6.54 Å². The van der Waals surface area contributed by atoms with Gasteiger partial charge in [0.25, 0.3) is 0 Å². The number of aryl methyl sites for hydroxylation is 3. The van der Waals surface area contributed by atoms with Gasteiger partial charge in [-0.25, -0.2) is 0 Å². The predicted molar refractivity (Wildman–Crippen MR) is 83.9 cm³/mol. The smallest absolute Gasteiger partial charge is 0.0991 e. The van der Waals surface area contributed by atoms with Crippen LogP contribution in [0.3, 0.4) is 0 Å². The van der Waals surface area contributed by atoms with Gasteiger partial charge in [-0.15, -0.1) is 0 Å². The van der Waals surface area contributed by atoms with Crippen LogP contribution in [0.5, 0.6) is 0 Å². The van der Waals surface area contributed by atoms with E-state index in [0.29, 0.717) is 5.56 Å². The maximum atomic E-state index is 8.84. The summed E-state index contributed by atoms with van der Waals surface area (Å²) >= 11 is 0. The van der Waals surface area contributed by atoms with Crippen molar-refractivity contribution in [3.8, 4) is 6.07 Å². The number of hydrogen-bond donors (Lipinski definition) is 0. The lowest BCUT2D eigenvalue weighted by molar-refractivity contribution is 0.903. The van der Waals surface area contributed by atoms with Crippen molar-refractivity contribution >= 4 is 5.69 Å². The molecule has 0 saturated heterocycles. The third-order valence-electron chi connectivity index (χ3n) is 3.67. The summed E-state index contributed by atoms with van der Waals surface area (Å²) in [6.45, 7) is 7.35. The van der Waals surface area contributed by atoms with Gasteiger partial charge in [0.1, 0.15) is 0 Å². The molecule has 2 aromatic rings. The van der Waals surface area contributed by atoms with Gasteiger partial charge in [0.05, 0.1) is 11.6 Å². The molecule has 0 unspecified atom stereocenters. The first-order valence-corrected chi connectivity index (χ1v) is 6.79. The van der Waals surface area contributed by atoms with Crippen LogP contribution in [-0.4, -0.2) is 7.05 Å². The number of nitrogens with zero attached hydrogens (tertiary/aromatic N) is 2. The van der Waals surface area contributed by atoms with Gasteiger partial charge in [-0.1, -0.05) is 17.7 Å². The van der Waals surface area contributed by atoms with Crippen LogP contribution >= 0.6 is 0 Å². The van der Waals surface area contributed by atoms with E-state index in [4.69, 9.17) is 5.26 Å². The lowest BCUT2D eigenvalue weighted by atomic mass is 9.99. The van der Waals surface area contributed by atoms with Crippen molar-refractivity contribution in [1.82, 2.24) is 0 Å². The van der Waals surface area contributed by atoms with E-state index in [9.17, 15) is 0 Å². The molecule has 0 N–H and O–H groups in total. The minimum Gasteiger partial charge on any atom is -0.370 e. The molecule has 2 heteroatoms. The Labute approximate surface area is 121 Å². The van der Waals surface area contributed by atoms with E-state index in [-0.39, 0.29) is 0 Å². The quantitative estimate of drug-likeness (QED) is 0.833. The molecule has 102 valence electrons. The number of hydrogen-bond acceptors (Lipinski definition) is 2. The summed E-state index contributed by atoms with van der Waals surface area (Å²) in [5.41, 5.74) is 7.19. The standard InChI is InChI=1S/C18H20N2/c1-13-9-14(2)18(15(3)10-13)12-20(4)17-7-5-16(11-19)6-8-17/h5-10H,12H2,1-4H3. The molecule has 2 aromatic carbocycles. The Morgan fingerprint density at radius 1 is 1.00 bits per heavy atom. The number of anilines is 1. The topological polar surface area (TPSA) is 27.0 Å². The highest BCUT2D eigenvalue weighted by molar-refractivity contribution is 5.50. The van der Waals surface area contributed by atoms with Crippen LogP contribution < -0.4 is 4.90 Å². The predicted octanol–water partition coefficient (Wildman–Crippen LogP) is 4.12. The van der Waals surface area contributed by atoms with Gasteiger partial charge in [-0.05, 0) is 61.7 Å². The Morgan fingerprint density at radius 2 is 1.55 bits per heavy atom. The first-order valence-electron chi connectivity index (χ1n) is 6.79. The van der Waals surface area contributed by atoms with Crippen molar-refractivity contribution in [3.05, 3.63) is 64.2 Å². The first-order chi connectivity index (χ1) is 9.51. The van der Waals surface area contributed by atoms with Crippen LogP contribution in [0, 0.1) is 32.1 Å². The van der Waals surface area contributed by atoms with E-state index < -0.39 is 0 Å². The van der Waals surface area contributed by atoms with Crippen LogP contribution in [0.25, 0.3) is 0 Å². The molecule has 20 heavy (non-hydrogen) atoms. The molecule has 0 aromatic heterocycles. The van der Waals surface area contributed by atoms with E-state index in [1.165, 1.54) is 22.3 Å². The fraction of sp³-hybridized carbons (Fsp3) is 0.278. The van der Waals surface area contributed by atoms with Crippen molar-refractivity contribution in [2.75, 3.05) is 11.9 Å². The maximum absolute atomic E-state index is 8.84. The molecule has 2 nitrogen and oxygen atoms in total. The van der Waals surface area contributed by atoms with Gasteiger partial charge in [0.15, 0.2) is 0 Å². The Bertz CT molecular complexity index is 625. The fourth-order valence-electron chi connectivity index (χ4n) is 2.58. The highest BCUT2D eigenvalue weighted by Crippen LogP contribution is 2.21. The molecule has 0 atom stereocenters. The lowest BCUT2D eigenvalue weighted by Crippen LogP contribution is -2.18. The second-order valence-electron chi connectivity index (χ2n) is 5.39. The minimum absolute atomic E-state index is 0.699. The van der Waals surface area contributed by atoms with Gasteiger partial charge in [-0.3, -0.25) is 0 Å². The second-order valence-corrected chi connectivity index (χ2v) is 5.39. The van der Waals surface area contributed by atoms with Gasteiger partial charge in [0.2, 0.25) is 0 Å². The van der Waals surface area contributed by atoms with Crippen molar-refractivity contribution < 1.29 is 0 Å². The zero-order valence-corrected chi connectivity index (χ0v) is 12.6. The molecule has 0 aliphatic rings. The molecule has 0 radical (unpaired) electrons. The van der Waals surface area contributed by atoms with E-state index >= 15 is 0 Å². The second kappa shape index (κ2) is 5.79. The molecule has 2 rings (SSSR count). The van der Waals surface area contributed by atoms with Crippen LogP contribution in [0.1, 0.15) is 27.8 Å². The number of benzene rings is 2. The largest absolute Gasteiger partial charge is 0.370 e. The Morgan fingerprint density at radius 3 is 2.05 bits per heavy atom. The van der Waals surface area contributed by atoms with Crippen LogP contribution in [0.2, 0.25) is 0 Å². The Balaban J connectivity index is 2.23. The molecule has 0 bridgehead atoms. The molecule has 0 fully saturated rings. The van der Waals surface area contributed by atoms with E-state index in [0.717, 1.165) is 12.2 Å². The normalized spacial score (nSPS) is 10.2. The molecular weight excluding hydrogens is 244 g/mol. The Kier molecular flexibility index (Phi) is 4.10. The van der Waals surface area contributed by atoms with Crippen molar-refractivity contribution in [2.45, 2.75) is 27.3 Å². The van der Waals surface area contributed by atoms with Crippen molar-refractivity contribution in [2.24, 2.45) is 0 Å². The summed E-state index contributed by atoms with van der Waals surface area (Å²) in [7, 11) is 2.08. The van der Waals surface area contributed by atoms with Gasteiger partial charge >= 0.3 is 0 Å². The summed E-state index contributed by atoms with van der Waals surface area (Å²) in [4.78, 5) is 2.21. The van der Waals surface area contributed by atoms with Gasteiger partial charge in [0, 0.05) is 19.3 Å². The molecular formula is C18H20N2. The Hall–Kier alpha value is -2.27.